The van der Waals surface area contributed by atoms with Crippen molar-refractivity contribution >= 4 is 11.6 Å². The molecule has 2 rings (SSSR count). The molecule has 1 aromatic rings. The second kappa shape index (κ2) is 3.97. The Bertz CT molecular complexity index is 407. The van der Waals surface area contributed by atoms with E-state index in [1.807, 2.05) is 31.2 Å². The van der Waals surface area contributed by atoms with Gasteiger partial charge in [-0.3, -0.25) is 9.59 Å². The van der Waals surface area contributed by atoms with Gasteiger partial charge in [0.2, 0.25) is 0 Å². The molecule has 0 bridgehead atoms. The van der Waals surface area contributed by atoms with E-state index in [1.54, 1.807) is 0 Å². The van der Waals surface area contributed by atoms with Crippen LogP contribution in [-0.2, 0) is 16.0 Å². The molecule has 0 radical (unpaired) electrons. The first-order valence-electron chi connectivity index (χ1n) is 5.37. The second-order valence-corrected chi connectivity index (χ2v) is 3.92. The fourth-order valence-corrected chi connectivity index (χ4v) is 2.18. The van der Waals surface area contributed by atoms with Crippen molar-refractivity contribution in [3.05, 3.63) is 35.4 Å². The van der Waals surface area contributed by atoms with E-state index in [9.17, 15) is 9.59 Å². The van der Waals surface area contributed by atoms with Crippen LogP contribution in [0.25, 0.3) is 0 Å². The summed E-state index contributed by atoms with van der Waals surface area (Å²) in [6.45, 7) is 1.81. The predicted molar refractivity (Wildman–Crippen MR) is 57.8 cm³/mol. The first kappa shape index (κ1) is 10.1. The highest BCUT2D eigenvalue weighted by Gasteiger charge is 2.31. The van der Waals surface area contributed by atoms with Crippen LogP contribution in [0.1, 0.15) is 36.8 Å². The molecular weight excluding hydrogens is 188 g/mol. The smallest absolute Gasteiger partial charge is 0.148 e. The number of aryl methyl sites for hydroxylation is 1. The van der Waals surface area contributed by atoms with Gasteiger partial charge < -0.3 is 0 Å². The lowest BCUT2D eigenvalue weighted by molar-refractivity contribution is -0.129. The topological polar surface area (TPSA) is 34.1 Å². The Balaban J connectivity index is 2.46. The minimum Gasteiger partial charge on any atom is -0.299 e. The molecule has 0 saturated carbocycles. The molecular formula is C13H14O2. The zero-order valence-corrected chi connectivity index (χ0v) is 8.82. The summed E-state index contributed by atoms with van der Waals surface area (Å²) in [6, 6.07) is 7.78. The van der Waals surface area contributed by atoms with Gasteiger partial charge in [0.1, 0.15) is 17.5 Å². The number of hydrogen-bond acceptors (Lipinski definition) is 2. The number of fused-ring (bicyclic) bond motifs is 1. The maximum absolute atomic E-state index is 11.7. The van der Waals surface area contributed by atoms with Gasteiger partial charge in [-0.05, 0) is 17.5 Å². The number of benzene rings is 1. The van der Waals surface area contributed by atoms with Crippen molar-refractivity contribution in [1.82, 2.24) is 0 Å². The molecule has 0 aliphatic heterocycles. The molecule has 1 atom stereocenters. The summed E-state index contributed by atoms with van der Waals surface area (Å²) in [7, 11) is 0. The van der Waals surface area contributed by atoms with Crippen LogP contribution in [0.3, 0.4) is 0 Å². The van der Waals surface area contributed by atoms with Gasteiger partial charge in [-0.1, -0.05) is 31.2 Å². The molecule has 0 heterocycles. The van der Waals surface area contributed by atoms with Crippen molar-refractivity contribution in [1.29, 1.82) is 0 Å². The third-order valence-electron chi connectivity index (χ3n) is 3.00. The SMILES string of the molecule is CCC(=O)C1C(=O)CCc2ccccc21. The van der Waals surface area contributed by atoms with Gasteiger partial charge >= 0.3 is 0 Å². The highest BCUT2D eigenvalue weighted by atomic mass is 16.1. The van der Waals surface area contributed by atoms with Crippen molar-refractivity contribution < 1.29 is 9.59 Å². The van der Waals surface area contributed by atoms with E-state index in [-0.39, 0.29) is 11.6 Å². The number of hydrogen-bond donors (Lipinski definition) is 0. The van der Waals surface area contributed by atoms with Crippen LogP contribution in [0.15, 0.2) is 24.3 Å². The van der Waals surface area contributed by atoms with E-state index < -0.39 is 5.92 Å². The van der Waals surface area contributed by atoms with Crippen LogP contribution in [0, 0.1) is 0 Å². The Morgan fingerprint density at radius 2 is 2.07 bits per heavy atom. The van der Waals surface area contributed by atoms with Gasteiger partial charge in [-0.15, -0.1) is 0 Å². The van der Waals surface area contributed by atoms with Crippen LogP contribution in [-0.4, -0.2) is 11.6 Å². The third kappa shape index (κ3) is 1.72. The number of carbonyl (C=O) groups excluding carboxylic acids is 2. The normalized spacial score (nSPS) is 19.8. The van der Waals surface area contributed by atoms with Crippen molar-refractivity contribution in [2.24, 2.45) is 0 Å². The number of Topliss-reactive ketones (excluding diaryl/α,β-unsaturated/α-hetero) is 2. The summed E-state index contributed by atoms with van der Waals surface area (Å²) in [5.74, 6) is -0.354. The minimum atomic E-state index is -0.486. The lowest BCUT2D eigenvalue weighted by Crippen LogP contribution is -2.26. The van der Waals surface area contributed by atoms with Gasteiger partial charge in [-0.25, -0.2) is 0 Å². The van der Waals surface area contributed by atoms with Gasteiger partial charge in [0, 0.05) is 12.8 Å². The van der Waals surface area contributed by atoms with Crippen molar-refractivity contribution in [3.63, 3.8) is 0 Å². The summed E-state index contributed by atoms with van der Waals surface area (Å²) in [5.41, 5.74) is 2.09. The predicted octanol–water partition coefficient (Wildman–Crippen LogP) is 2.26. The molecule has 78 valence electrons. The quantitative estimate of drug-likeness (QED) is 0.689. The van der Waals surface area contributed by atoms with E-state index in [2.05, 4.69) is 0 Å². The third-order valence-corrected chi connectivity index (χ3v) is 3.00. The average Bonchev–Trinajstić information content (AvgIpc) is 2.28. The fraction of sp³-hybridized carbons (Fsp3) is 0.385. The van der Waals surface area contributed by atoms with E-state index in [0.29, 0.717) is 12.8 Å². The molecule has 0 saturated heterocycles. The highest BCUT2D eigenvalue weighted by Crippen LogP contribution is 2.30. The molecule has 1 aliphatic rings. The monoisotopic (exact) mass is 202 g/mol. The second-order valence-electron chi connectivity index (χ2n) is 3.92. The van der Waals surface area contributed by atoms with E-state index in [0.717, 1.165) is 17.5 Å². The van der Waals surface area contributed by atoms with E-state index in [1.165, 1.54) is 0 Å². The molecule has 1 unspecified atom stereocenters. The zero-order chi connectivity index (χ0) is 10.8. The Morgan fingerprint density at radius 3 is 2.80 bits per heavy atom. The molecule has 15 heavy (non-hydrogen) atoms. The standard InChI is InChI=1S/C13H14O2/c1-2-11(14)13-10-6-4-3-5-9(10)7-8-12(13)15/h3-6,13H,2,7-8H2,1H3. The van der Waals surface area contributed by atoms with Gasteiger partial charge in [0.05, 0.1) is 0 Å². The zero-order valence-electron chi connectivity index (χ0n) is 8.82. The average molecular weight is 202 g/mol. The molecule has 0 N–H and O–H groups in total. The summed E-state index contributed by atoms with van der Waals surface area (Å²) in [5, 5.41) is 0. The lowest BCUT2D eigenvalue weighted by atomic mass is 9.79. The molecule has 0 spiro atoms. The minimum absolute atomic E-state index is 0.0483. The highest BCUT2D eigenvalue weighted by molar-refractivity contribution is 6.08. The number of rotatable bonds is 2. The van der Waals surface area contributed by atoms with Crippen LogP contribution >= 0.6 is 0 Å². The molecule has 2 heteroatoms. The van der Waals surface area contributed by atoms with Crippen molar-refractivity contribution in [2.45, 2.75) is 32.1 Å². The first-order chi connectivity index (χ1) is 7.24. The molecule has 2 nitrogen and oxygen atoms in total. The Morgan fingerprint density at radius 1 is 1.33 bits per heavy atom. The maximum Gasteiger partial charge on any atom is 0.148 e. The van der Waals surface area contributed by atoms with Crippen LogP contribution < -0.4 is 0 Å². The number of ketones is 2. The fourth-order valence-electron chi connectivity index (χ4n) is 2.18. The Labute approximate surface area is 89.3 Å². The van der Waals surface area contributed by atoms with Crippen LogP contribution in [0.5, 0.6) is 0 Å². The molecule has 0 amide bonds. The Kier molecular flexibility index (Phi) is 2.67. The van der Waals surface area contributed by atoms with Crippen LogP contribution in [0.2, 0.25) is 0 Å². The summed E-state index contributed by atoms with van der Waals surface area (Å²) in [6.07, 6.45) is 1.72. The first-order valence-corrected chi connectivity index (χ1v) is 5.37. The van der Waals surface area contributed by atoms with E-state index >= 15 is 0 Å². The lowest BCUT2D eigenvalue weighted by Gasteiger charge is -2.22. The molecule has 1 aromatic carbocycles. The van der Waals surface area contributed by atoms with Crippen molar-refractivity contribution in [2.75, 3.05) is 0 Å². The largest absolute Gasteiger partial charge is 0.299 e. The number of carbonyl (C=O) groups is 2. The van der Waals surface area contributed by atoms with Gasteiger partial charge in [-0.2, -0.15) is 0 Å². The molecule has 0 fully saturated rings. The van der Waals surface area contributed by atoms with Crippen LogP contribution in [0.4, 0.5) is 0 Å². The maximum atomic E-state index is 11.7. The van der Waals surface area contributed by atoms with Gasteiger partial charge in [0.25, 0.3) is 0 Å². The summed E-state index contributed by atoms with van der Waals surface area (Å²) < 4.78 is 0. The summed E-state index contributed by atoms with van der Waals surface area (Å²) >= 11 is 0. The molecule has 1 aliphatic carbocycles. The Hall–Kier alpha value is -1.44. The van der Waals surface area contributed by atoms with E-state index in [4.69, 9.17) is 0 Å². The summed E-state index contributed by atoms with van der Waals surface area (Å²) in [4.78, 5) is 23.5. The van der Waals surface area contributed by atoms with Gasteiger partial charge in [0.15, 0.2) is 0 Å². The molecule has 0 aromatic heterocycles. The van der Waals surface area contributed by atoms with Crippen molar-refractivity contribution in [3.8, 4) is 0 Å².